The third-order valence-corrected chi connectivity index (χ3v) is 4.74. The molecule has 0 N–H and O–H groups in total. The van der Waals surface area contributed by atoms with Gasteiger partial charge in [0.15, 0.2) is 0 Å². The molecular weight excluding hydrogens is 404 g/mol. The minimum atomic E-state index is -0.307. The lowest BCUT2D eigenvalue weighted by atomic mass is 10.2. The van der Waals surface area contributed by atoms with Crippen LogP contribution >= 0.6 is 15.9 Å². The number of halogens is 1. The number of esters is 1. The molecule has 0 amide bonds. The zero-order valence-electron chi connectivity index (χ0n) is 15.6. The summed E-state index contributed by atoms with van der Waals surface area (Å²) in [7, 11) is 0. The van der Waals surface area contributed by atoms with Crippen LogP contribution in [0.25, 0.3) is 5.69 Å². The van der Waals surface area contributed by atoms with Gasteiger partial charge in [-0.15, -0.1) is 0 Å². The average Bonchev–Trinajstić information content (AvgIpc) is 2.94. The van der Waals surface area contributed by atoms with E-state index in [-0.39, 0.29) is 5.97 Å². The van der Waals surface area contributed by atoms with Crippen molar-refractivity contribution < 1.29 is 9.53 Å². The summed E-state index contributed by atoms with van der Waals surface area (Å²) < 4.78 is 8.22. The van der Waals surface area contributed by atoms with Crippen LogP contribution in [0.15, 0.2) is 64.1 Å². The van der Waals surface area contributed by atoms with Gasteiger partial charge < -0.3 is 9.30 Å². The molecule has 4 nitrogen and oxygen atoms in total. The van der Waals surface area contributed by atoms with E-state index in [9.17, 15) is 4.79 Å². The second kappa shape index (κ2) is 8.35. The number of aliphatic imine (C=N–C) groups is 1. The molecule has 0 spiro atoms. The number of hydrogen-bond acceptors (Lipinski definition) is 3. The van der Waals surface area contributed by atoms with Crippen molar-refractivity contribution in [2.24, 2.45) is 4.99 Å². The first-order valence-corrected chi connectivity index (χ1v) is 9.55. The van der Waals surface area contributed by atoms with E-state index < -0.39 is 0 Å². The topological polar surface area (TPSA) is 43.6 Å². The van der Waals surface area contributed by atoms with E-state index in [1.807, 2.05) is 62.5 Å². The third-order valence-electron chi connectivity index (χ3n) is 4.25. The maximum absolute atomic E-state index is 12.0. The fraction of sp³-hybridized carbons (Fsp3) is 0.182. The molecule has 2 aromatic carbocycles. The summed E-state index contributed by atoms with van der Waals surface area (Å²) in [4.78, 5) is 16.6. The monoisotopic (exact) mass is 424 g/mol. The molecule has 0 unspecified atom stereocenters. The molecule has 3 rings (SSSR count). The predicted octanol–water partition coefficient (Wildman–Crippen LogP) is 5.78. The van der Waals surface area contributed by atoms with Gasteiger partial charge in [0.05, 0.1) is 17.9 Å². The van der Waals surface area contributed by atoms with Gasteiger partial charge in [-0.25, -0.2) is 4.79 Å². The standard InChI is InChI=1S/C22H21BrN2O2/c1-4-27-22(26)17-7-5-10-21(12-17)25-15(2)11-18(16(25)3)14-24-20-9-6-8-19(23)13-20/h5-14H,4H2,1-3H3. The molecular formula is C22H21BrN2O2. The van der Waals surface area contributed by atoms with E-state index >= 15 is 0 Å². The van der Waals surface area contributed by atoms with E-state index in [2.05, 4.69) is 31.6 Å². The predicted molar refractivity (Wildman–Crippen MR) is 113 cm³/mol. The van der Waals surface area contributed by atoms with Gasteiger partial charge >= 0.3 is 5.97 Å². The zero-order valence-corrected chi connectivity index (χ0v) is 17.2. The molecule has 0 aliphatic heterocycles. The summed E-state index contributed by atoms with van der Waals surface area (Å²) in [5, 5.41) is 0. The van der Waals surface area contributed by atoms with E-state index in [0.717, 1.165) is 32.8 Å². The lowest BCUT2D eigenvalue weighted by molar-refractivity contribution is 0.0526. The number of carbonyl (C=O) groups is 1. The molecule has 0 atom stereocenters. The molecule has 1 aromatic heterocycles. The van der Waals surface area contributed by atoms with Crippen LogP contribution in [0.1, 0.15) is 34.2 Å². The van der Waals surface area contributed by atoms with E-state index in [0.29, 0.717) is 12.2 Å². The quantitative estimate of drug-likeness (QED) is 0.384. The second-order valence-corrected chi connectivity index (χ2v) is 7.09. The maximum atomic E-state index is 12.0. The highest BCUT2D eigenvalue weighted by molar-refractivity contribution is 9.10. The fourth-order valence-electron chi connectivity index (χ4n) is 3.00. The number of hydrogen-bond donors (Lipinski definition) is 0. The van der Waals surface area contributed by atoms with Crippen molar-refractivity contribution in [1.29, 1.82) is 0 Å². The molecule has 1 heterocycles. The number of carbonyl (C=O) groups excluding carboxylic acids is 1. The van der Waals surface area contributed by atoms with Crippen LogP contribution in [-0.4, -0.2) is 23.4 Å². The highest BCUT2D eigenvalue weighted by Gasteiger charge is 2.12. The first kappa shape index (κ1) is 19.1. The number of aryl methyl sites for hydroxylation is 1. The van der Waals surface area contributed by atoms with E-state index in [1.165, 1.54) is 0 Å². The zero-order chi connectivity index (χ0) is 19.4. The Kier molecular flexibility index (Phi) is 5.91. The van der Waals surface area contributed by atoms with Gasteiger partial charge in [-0.05, 0) is 63.2 Å². The number of ether oxygens (including phenoxy) is 1. The van der Waals surface area contributed by atoms with Crippen molar-refractivity contribution in [2.45, 2.75) is 20.8 Å². The molecule has 0 fully saturated rings. The summed E-state index contributed by atoms with van der Waals surface area (Å²) in [6.07, 6.45) is 1.87. The molecule has 0 saturated heterocycles. The lowest BCUT2D eigenvalue weighted by Gasteiger charge is -2.11. The van der Waals surface area contributed by atoms with Crippen LogP contribution < -0.4 is 0 Å². The Labute approximate surface area is 167 Å². The van der Waals surface area contributed by atoms with Gasteiger partial charge in [0.1, 0.15) is 0 Å². The highest BCUT2D eigenvalue weighted by atomic mass is 79.9. The Balaban J connectivity index is 1.94. The SMILES string of the molecule is CCOC(=O)c1cccc(-n2c(C)cc(C=Nc3cccc(Br)c3)c2C)c1. The first-order chi connectivity index (χ1) is 13.0. The smallest absolute Gasteiger partial charge is 0.338 e. The van der Waals surface area contributed by atoms with Gasteiger partial charge in [-0.2, -0.15) is 0 Å². The molecule has 0 aliphatic carbocycles. The number of nitrogens with zero attached hydrogens (tertiary/aromatic N) is 2. The van der Waals surface area contributed by atoms with Crippen molar-refractivity contribution in [3.63, 3.8) is 0 Å². The summed E-state index contributed by atoms with van der Waals surface area (Å²) in [6, 6.07) is 17.4. The average molecular weight is 425 g/mol. The van der Waals surface area contributed by atoms with Crippen molar-refractivity contribution in [3.8, 4) is 5.69 Å². The van der Waals surface area contributed by atoms with Crippen LogP contribution in [-0.2, 0) is 4.74 Å². The molecule has 27 heavy (non-hydrogen) atoms. The van der Waals surface area contributed by atoms with E-state index in [4.69, 9.17) is 4.74 Å². The minimum Gasteiger partial charge on any atom is -0.462 e. The first-order valence-electron chi connectivity index (χ1n) is 8.75. The van der Waals surface area contributed by atoms with Crippen LogP contribution in [0.5, 0.6) is 0 Å². The number of rotatable bonds is 5. The third kappa shape index (κ3) is 4.37. The second-order valence-electron chi connectivity index (χ2n) is 6.17. The summed E-state index contributed by atoms with van der Waals surface area (Å²) in [5.41, 5.74) is 5.54. The molecule has 0 saturated carbocycles. The fourth-order valence-corrected chi connectivity index (χ4v) is 3.39. The molecule has 0 bridgehead atoms. The summed E-state index contributed by atoms with van der Waals surface area (Å²) in [6.45, 7) is 6.26. The minimum absolute atomic E-state index is 0.307. The van der Waals surface area contributed by atoms with Crippen LogP contribution in [0.4, 0.5) is 5.69 Å². The number of benzene rings is 2. The highest BCUT2D eigenvalue weighted by Crippen LogP contribution is 2.23. The van der Waals surface area contributed by atoms with Gasteiger partial charge in [0.2, 0.25) is 0 Å². The Morgan fingerprint density at radius 2 is 1.93 bits per heavy atom. The van der Waals surface area contributed by atoms with Crippen LogP contribution in [0, 0.1) is 13.8 Å². The number of aromatic nitrogens is 1. The van der Waals surface area contributed by atoms with Crippen LogP contribution in [0.3, 0.4) is 0 Å². The molecule has 0 aliphatic rings. The van der Waals surface area contributed by atoms with Crippen molar-refractivity contribution in [2.75, 3.05) is 6.61 Å². The van der Waals surface area contributed by atoms with Gasteiger partial charge in [-0.3, -0.25) is 4.99 Å². The normalized spacial score (nSPS) is 11.1. The van der Waals surface area contributed by atoms with Gasteiger partial charge in [0, 0.05) is 33.3 Å². The van der Waals surface area contributed by atoms with Crippen molar-refractivity contribution in [1.82, 2.24) is 4.57 Å². The lowest BCUT2D eigenvalue weighted by Crippen LogP contribution is -2.06. The van der Waals surface area contributed by atoms with E-state index in [1.54, 1.807) is 13.0 Å². The van der Waals surface area contributed by atoms with Gasteiger partial charge in [-0.1, -0.05) is 28.1 Å². The Morgan fingerprint density at radius 1 is 1.15 bits per heavy atom. The Hall–Kier alpha value is -2.66. The van der Waals surface area contributed by atoms with Crippen LogP contribution in [0.2, 0.25) is 0 Å². The molecule has 138 valence electrons. The Morgan fingerprint density at radius 3 is 2.67 bits per heavy atom. The molecule has 3 aromatic rings. The maximum Gasteiger partial charge on any atom is 0.338 e. The summed E-state index contributed by atoms with van der Waals surface area (Å²) >= 11 is 3.46. The van der Waals surface area contributed by atoms with Crippen molar-refractivity contribution >= 4 is 33.8 Å². The largest absolute Gasteiger partial charge is 0.462 e. The Bertz CT molecular complexity index is 1010. The summed E-state index contributed by atoms with van der Waals surface area (Å²) in [5.74, 6) is -0.307. The molecule has 5 heteroatoms. The van der Waals surface area contributed by atoms with Crippen molar-refractivity contribution in [3.05, 3.63) is 81.6 Å². The molecule has 0 radical (unpaired) electrons. The van der Waals surface area contributed by atoms with Gasteiger partial charge in [0.25, 0.3) is 0 Å².